The first-order valence-electron chi connectivity index (χ1n) is 5.99. The SMILES string of the molecule is COC(=O)c1cccc2c1CC(N(C)C)CC2. The Hall–Kier alpha value is -1.35. The van der Waals surface area contributed by atoms with E-state index in [1.807, 2.05) is 12.1 Å². The Balaban J connectivity index is 2.36. The van der Waals surface area contributed by atoms with Crippen molar-refractivity contribution in [2.75, 3.05) is 21.2 Å². The number of hydrogen-bond donors (Lipinski definition) is 0. The molecule has 3 heteroatoms. The molecule has 17 heavy (non-hydrogen) atoms. The van der Waals surface area contributed by atoms with Gasteiger partial charge in [0.2, 0.25) is 0 Å². The molecule has 0 bridgehead atoms. The summed E-state index contributed by atoms with van der Waals surface area (Å²) < 4.78 is 4.85. The molecule has 0 amide bonds. The number of methoxy groups -OCH3 is 1. The highest BCUT2D eigenvalue weighted by Gasteiger charge is 2.24. The molecule has 0 aliphatic heterocycles. The van der Waals surface area contributed by atoms with Crippen molar-refractivity contribution in [3.8, 4) is 0 Å². The number of likely N-dealkylation sites (N-methyl/N-ethyl adjacent to an activating group) is 1. The van der Waals surface area contributed by atoms with Crippen LogP contribution in [-0.2, 0) is 17.6 Å². The first-order valence-corrected chi connectivity index (χ1v) is 5.99. The van der Waals surface area contributed by atoms with Gasteiger partial charge in [0.15, 0.2) is 0 Å². The average molecular weight is 233 g/mol. The first-order chi connectivity index (χ1) is 8.13. The minimum absolute atomic E-state index is 0.221. The summed E-state index contributed by atoms with van der Waals surface area (Å²) in [6.45, 7) is 0. The molecular formula is C14H19NO2. The number of ether oxygens (including phenoxy) is 1. The molecule has 1 aromatic carbocycles. The Kier molecular flexibility index (Phi) is 3.48. The highest BCUT2D eigenvalue weighted by molar-refractivity contribution is 5.91. The second kappa shape index (κ2) is 4.88. The fraction of sp³-hybridized carbons (Fsp3) is 0.500. The summed E-state index contributed by atoms with van der Waals surface area (Å²) in [5.74, 6) is -0.221. The van der Waals surface area contributed by atoms with E-state index >= 15 is 0 Å². The maximum Gasteiger partial charge on any atom is 0.338 e. The van der Waals surface area contributed by atoms with Crippen molar-refractivity contribution in [2.24, 2.45) is 0 Å². The standard InChI is InChI=1S/C14H19NO2/c1-15(2)11-8-7-10-5-4-6-12(13(10)9-11)14(16)17-3/h4-6,11H,7-9H2,1-3H3. The molecule has 0 fully saturated rings. The highest BCUT2D eigenvalue weighted by atomic mass is 16.5. The lowest BCUT2D eigenvalue weighted by Gasteiger charge is -2.30. The van der Waals surface area contributed by atoms with Gasteiger partial charge in [-0.25, -0.2) is 4.79 Å². The van der Waals surface area contributed by atoms with Crippen LogP contribution in [0.4, 0.5) is 0 Å². The van der Waals surface area contributed by atoms with Crippen LogP contribution in [0.3, 0.4) is 0 Å². The van der Waals surface area contributed by atoms with Crippen molar-refractivity contribution >= 4 is 5.97 Å². The third-order valence-electron chi connectivity index (χ3n) is 3.60. The van der Waals surface area contributed by atoms with Crippen molar-refractivity contribution in [1.29, 1.82) is 0 Å². The molecule has 1 unspecified atom stereocenters. The van der Waals surface area contributed by atoms with Gasteiger partial charge in [0.25, 0.3) is 0 Å². The second-order valence-corrected chi connectivity index (χ2v) is 4.80. The minimum atomic E-state index is -0.221. The summed E-state index contributed by atoms with van der Waals surface area (Å²) in [7, 11) is 5.63. The van der Waals surface area contributed by atoms with Crippen molar-refractivity contribution in [2.45, 2.75) is 25.3 Å². The van der Waals surface area contributed by atoms with Gasteiger partial charge in [-0.1, -0.05) is 12.1 Å². The average Bonchev–Trinajstić information content (AvgIpc) is 2.36. The van der Waals surface area contributed by atoms with Crippen molar-refractivity contribution in [3.63, 3.8) is 0 Å². The van der Waals surface area contributed by atoms with Crippen LogP contribution in [0.15, 0.2) is 18.2 Å². The van der Waals surface area contributed by atoms with E-state index in [0.717, 1.165) is 24.8 Å². The van der Waals surface area contributed by atoms with Gasteiger partial charge in [0, 0.05) is 6.04 Å². The fourth-order valence-electron chi connectivity index (χ4n) is 2.51. The summed E-state index contributed by atoms with van der Waals surface area (Å²) in [5, 5.41) is 0. The van der Waals surface area contributed by atoms with E-state index in [4.69, 9.17) is 4.74 Å². The molecule has 1 aliphatic carbocycles. The molecule has 0 aromatic heterocycles. The number of carbonyl (C=O) groups is 1. The maximum atomic E-state index is 11.7. The second-order valence-electron chi connectivity index (χ2n) is 4.80. The van der Waals surface area contributed by atoms with Crippen LogP contribution in [0.5, 0.6) is 0 Å². The predicted octanol–water partition coefficient (Wildman–Crippen LogP) is 1.89. The number of benzene rings is 1. The molecule has 0 spiro atoms. The number of hydrogen-bond acceptors (Lipinski definition) is 3. The maximum absolute atomic E-state index is 11.7. The quantitative estimate of drug-likeness (QED) is 0.731. The molecule has 1 atom stereocenters. The van der Waals surface area contributed by atoms with Crippen LogP contribution in [0, 0.1) is 0 Å². The van der Waals surface area contributed by atoms with Crippen molar-refractivity contribution in [3.05, 3.63) is 34.9 Å². The third-order valence-corrected chi connectivity index (χ3v) is 3.60. The Bertz CT molecular complexity index is 426. The predicted molar refractivity (Wildman–Crippen MR) is 67.3 cm³/mol. The molecule has 0 saturated carbocycles. The van der Waals surface area contributed by atoms with Gasteiger partial charge >= 0.3 is 5.97 Å². The van der Waals surface area contributed by atoms with E-state index in [9.17, 15) is 4.79 Å². The monoisotopic (exact) mass is 233 g/mol. The number of aryl methyl sites for hydroxylation is 1. The van der Waals surface area contributed by atoms with Gasteiger partial charge in [-0.2, -0.15) is 0 Å². The minimum Gasteiger partial charge on any atom is -0.465 e. The zero-order chi connectivity index (χ0) is 12.4. The van der Waals surface area contributed by atoms with E-state index < -0.39 is 0 Å². The molecule has 1 aliphatic rings. The summed E-state index contributed by atoms with van der Waals surface area (Å²) in [4.78, 5) is 14.0. The number of nitrogens with zero attached hydrogens (tertiary/aromatic N) is 1. The number of esters is 1. The molecule has 1 aromatic rings. The van der Waals surface area contributed by atoms with Gasteiger partial charge in [0.1, 0.15) is 0 Å². The molecule has 3 nitrogen and oxygen atoms in total. The zero-order valence-electron chi connectivity index (χ0n) is 10.7. The zero-order valence-corrected chi connectivity index (χ0v) is 10.7. The molecule has 0 saturated heterocycles. The lowest BCUT2D eigenvalue weighted by atomic mass is 9.85. The van der Waals surface area contributed by atoms with E-state index in [2.05, 4.69) is 25.1 Å². The fourth-order valence-corrected chi connectivity index (χ4v) is 2.51. The number of fused-ring (bicyclic) bond motifs is 1. The van der Waals surface area contributed by atoms with E-state index in [1.54, 1.807) is 0 Å². The van der Waals surface area contributed by atoms with Crippen molar-refractivity contribution < 1.29 is 9.53 Å². The Morgan fingerprint density at radius 3 is 2.82 bits per heavy atom. The number of rotatable bonds is 2. The van der Waals surface area contributed by atoms with Crippen LogP contribution in [0.1, 0.15) is 27.9 Å². The summed E-state index contributed by atoms with van der Waals surface area (Å²) in [6, 6.07) is 6.45. The van der Waals surface area contributed by atoms with E-state index in [0.29, 0.717) is 6.04 Å². The lowest BCUT2D eigenvalue weighted by Crippen LogP contribution is -2.34. The van der Waals surface area contributed by atoms with E-state index in [1.165, 1.54) is 18.2 Å². The smallest absolute Gasteiger partial charge is 0.338 e. The lowest BCUT2D eigenvalue weighted by molar-refractivity contribution is 0.0598. The molecule has 92 valence electrons. The molecule has 0 radical (unpaired) electrons. The van der Waals surface area contributed by atoms with Crippen molar-refractivity contribution in [1.82, 2.24) is 4.90 Å². The summed E-state index contributed by atoms with van der Waals surface area (Å²) in [5.41, 5.74) is 3.20. The Morgan fingerprint density at radius 1 is 1.41 bits per heavy atom. The van der Waals surface area contributed by atoms with Crippen LogP contribution in [0.25, 0.3) is 0 Å². The third kappa shape index (κ3) is 2.34. The molecular weight excluding hydrogens is 214 g/mol. The first kappa shape index (κ1) is 12.1. The number of carbonyl (C=O) groups excluding carboxylic acids is 1. The van der Waals surface area contributed by atoms with Gasteiger partial charge in [-0.3, -0.25) is 0 Å². The topological polar surface area (TPSA) is 29.5 Å². The summed E-state index contributed by atoms with van der Waals surface area (Å²) >= 11 is 0. The van der Waals surface area contributed by atoms with Crippen LogP contribution < -0.4 is 0 Å². The van der Waals surface area contributed by atoms with Crippen LogP contribution in [-0.4, -0.2) is 38.1 Å². The van der Waals surface area contributed by atoms with Gasteiger partial charge in [-0.05, 0) is 50.6 Å². The molecule has 0 heterocycles. The largest absolute Gasteiger partial charge is 0.465 e. The Morgan fingerprint density at radius 2 is 2.18 bits per heavy atom. The van der Waals surface area contributed by atoms with Gasteiger partial charge in [-0.15, -0.1) is 0 Å². The normalized spacial score (nSPS) is 18.9. The van der Waals surface area contributed by atoms with Crippen LogP contribution >= 0.6 is 0 Å². The van der Waals surface area contributed by atoms with Crippen LogP contribution in [0.2, 0.25) is 0 Å². The molecule has 0 N–H and O–H groups in total. The molecule has 2 rings (SSSR count). The van der Waals surface area contributed by atoms with Gasteiger partial charge < -0.3 is 9.64 Å². The van der Waals surface area contributed by atoms with Gasteiger partial charge in [0.05, 0.1) is 12.7 Å². The Labute approximate surface area is 102 Å². The summed E-state index contributed by atoms with van der Waals surface area (Å²) in [6.07, 6.45) is 3.14. The highest BCUT2D eigenvalue weighted by Crippen LogP contribution is 2.26. The van der Waals surface area contributed by atoms with E-state index in [-0.39, 0.29) is 5.97 Å².